The number of nitrogens with two attached hydrogens (primary N) is 1. The number of benzene rings is 2. The number of carbonyl (C=O) groups is 2. The summed E-state index contributed by atoms with van der Waals surface area (Å²) in [6.07, 6.45) is 5.15. The van der Waals surface area contributed by atoms with Crippen LogP contribution in [0.2, 0.25) is 0 Å². The Morgan fingerprint density at radius 1 is 1.11 bits per heavy atom. The number of carbonyl (C=O) groups excluding carboxylic acids is 2. The number of nitrogen functional groups attached to an aromatic ring is 1. The Labute approximate surface area is 215 Å². The number of rotatable bonds is 7. The Balaban J connectivity index is 1.30. The van der Waals surface area contributed by atoms with Gasteiger partial charge < -0.3 is 26.4 Å². The van der Waals surface area contributed by atoms with E-state index in [1.165, 1.54) is 0 Å². The molecule has 1 fully saturated rings. The van der Waals surface area contributed by atoms with Crippen LogP contribution < -0.4 is 21.7 Å². The Hall–Kier alpha value is -3.59. The number of nitrogens with zero attached hydrogens (tertiary/aromatic N) is 1. The number of amides is 3. The summed E-state index contributed by atoms with van der Waals surface area (Å²) in [5.41, 5.74) is 9.49. The average Bonchev–Trinajstić information content (AvgIpc) is 3.33. The van der Waals surface area contributed by atoms with Crippen LogP contribution in [0.5, 0.6) is 0 Å². The Morgan fingerprint density at radius 2 is 1.86 bits per heavy atom. The molecule has 4 rings (SSSR count). The van der Waals surface area contributed by atoms with Gasteiger partial charge in [-0.15, -0.1) is 11.3 Å². The zero-order valence-corrected chi connectivity index (χ0v) is 21.4. The van der Waals surface area contributed by atoms with Gasteiger partial charge in [0.2, 0.25) is 0 Å². The number of aromatic nitrogens is 1. The zero-order chi connectivity index (χ0) is 25.5. The third kappa shape index (κ3) is 6.97. The van der Waals surface area contributed by atoms with E-state index in [2.05, 4.69) is 20.9 Å². The summed E-state index contributed by atoms with van der Waals surface area (Å²) in [5, 5.41) is 9.74. The van der Waals surface area contributed by atoms with Gasteiger partial charge in [-0.2, -0.15) is 0 Å². The minimum atomic E-state index is -0.341. The van der Waals surface area contributed by atoms with Crippen LogP contribution in [0.25, 0.3) is 10.4 Å². The van der Waals surface area contributed by atoms with Crippen LogP contribution in [0.4, 0.5) is 21.0 Å². The van der Waals surface area contributed by atoms with Gasteiger partial charge in [0.15, 0.2) is 0 Å². The lowest BCUT2D eigenvalue weighted by Crippen LogP contribution is -2.38. The predicted molar refractivity (Wildman–Crippen MR) is 144 cm³/mol. The molecule has 9 heteroatoms. The molecular weight excluding hydrogens is 474 g/mol. The number of alkyl carbamates (subject to hydrolysis) is 1. The second-order valence-electron chi connectivity index (χ2n) is 9.31. The molecule has 0 unspecified atom stereocenters. The van der Waals surface area contributed by atoms with Crippen molar-refractivity contribution in [1.82, 2.24) is 15.6 Å². The Kier molecular flexibility index (Phi) is 8.43. The van der Waals surface area contributed by atoms with Crippen molar-refractivity contribution in [3.63, 3.8) is 0 Å². The molecule has 1 heterocycles. The van der Waals surface area contributed by atoms with E-state index in [1.54, 1.807) is 17.4 Å². The molecule has 1 aromatic heterocycles. The molecule has 0 aliphatic heterocycles. The molecule has 0 radical (unpaired) electrons. The number of hydrogen-bond donors (Lipinski definition) is 4. The third-order valence-electron chi connectivity index (χ3n) is 6.14. The van der Waals surface area contributed by atoms with Crippen molar-refractivity contribution in [3.8, 4) is 10.4 Å². The van der Waals surface area contributed by atoms with Crippen molar-refractivity contribution in [2.75, 3.05) is 11.1 Å². The summed E-state index contributed by atoms with van der Waals surface area (Å²) in [6.45, 7) is 4.14. The molecule has 0 saturated heterocycles. The molecule has 8 nitrogen and oxygen atoms in total. The van der Waals surface area contributed by atoms with Gasteiger partial charge in [0, 0.05) is 41.6 Å². The van der Waals surface area contributed by atoms with Gasteiger partial charge in [-0.05, 0) is 63.3 Å². The van der Waals surface area contributed by atoms with Crippen molar-refractivity contribution in [2.45, 2.75) is 64.1 Å². The first kappa shape index (κ1) is 25.5. The molecule has 0 bridgehead atoms. The highest BCUT2D eigenvalue weighted by molar-refractivity contribution is 7.15. The molecule has 3 aromatic rings. The van der Waals surface area contributed by atoms with Crippen molar-refractivity contribution >= 4 is 34.8 Å². The van der Waals surface area contributed by atoms with Gasteiger partial charge in [-0.25, -0.2) is 14.6 Å². The molecule has 190 valence electrons. The summed E-state index contributed by atoms with van der Waals surface area (Å²) in [6, 6.07) is 15.1. The fraction of sp³-hybridized carbons (Fsp3) is 0.370. The van der Waals surface area contributed by atoms with Crippen LogP contribution in [-0.2, 0) is 11.3 Å². The fourth-order valence-corrected chi connectivity index (χ4v) is 5.45. The number of urea groups is 1. The molecule has 0 atom stereocenters. The van der Waals surface area contributed by atoms with Crippen LogP contribution in [0.15, 0.2) is 54.7 Å². The van der Waals surface area contributed by atoms with Crippen molar-refractivity contribution in [3.05, 3.63) is 65.3 Å². The molecule has 1 aliphatic carbocycles. The second kappa shape index (κ2) is 11.9. The highest BCUT2D eigenvalue weighted by Gasteiger charge is 2.26. The molecule has 3 amide bonds. The Bertz CT molecular complexity index is 1170. The smallest absolute Gasteiger partial charge is 0.407 e. The fourth-order valence-electron chi connectivity index (χ4n) is 4.32. The van der Waals surface area contributed by atoms with E-state index in [0.717, 1.165) is 46.7 Å². The normalized spacial score (nSPS) is 17.4. The molecule has 1 aliphatic rings. The zero-order valence-electron chi connectivity index (χ0n) is 20.6. The summed E-state index contributed by atoms with van der Waals surface area (Å²) in [7, 11) is 0. The third-order valence-corrected chi connectivity index (χ3v) is 7.33. The molecule has 1 saturated carbocycles. The molecular formula is C27H33N5O3S. The molecule has 0 spiro atoms. The largest absolute Gasteiger partial charge is 0.447 e. The lowest BCUT2D eigenvalue weighted by molar-refractivity contribution is 0.109. The number of nitrogens with one attached hydrogen (secondary N) is 3. The van der Waals surface area contributed by atoms with E-state index in [0.29, 0.717) is 23.8 Å². The molecule has 36 heavy (non-hydrogen) atoms. The van der Waals surface area contributed by atoms with E-state index in [9.17, 15) is 9.59 Å². The Morgan fingerprint density at radius 3 is 2.56 bits per heavy atom. The van der Waals surface area contributed by atoms with Gasteiger partial charge in [0.1, 0.15) is 0 Å². The standard InChI is InChI=1S/C27H33N5O3S/c1-17(2)35-27(34)32-20-10-8-19(9-11-20)25-29-16-24(36-25)22-13-12-21(14-23(22)28)31-26(33)30-15-18-6-4-3-5-7-18/h3-7,12-14,16-17,19-20H,8-11,15,28H2,1-2H3,(H,32,34)(H2,30,31,33). The van der Waals surface area contributed by atoms with Crippen LogP contribution in [0.1, 0.15) is 56.0 Å². The van der Waals surface area contributed by atoms with Gasteiger partial charge in [0.25, 0.3) is 0 Å². The van der Waals surface area contributed by atoms with Crippen LogP contribution >= 0.6 is 11.3 Å². The minimum Gasteiger partial charge on any atom is -0.447 e. The summed E-state index contributed by atoms with van der Waals surface area (Å²) < 4.78 is 5.19. The van der Waals surface area contributed by atoms with Gasteiger partial charge >= 0.3 is 12.1 Å². The van der Waals surface area contributed by atoms with Crippen LogP contribution in [0, 0.1) is 0 Å². The lowest BCUT2D eigenvalue weighted by atomic mass is 9.86. The highest BCUT2D eigenvalue weighted by Crippen LogP contribution is 2.39. The minimum absolute atomic E-state index is 0.121. The summed E-state index contributed by atoms with van der Waals surface area (Å²) >= 11 is 1.65. The van der Waals surface area contributed by atoms with E-state index in [-0.39, 0.29) is 24.3 Å². The van der Waals surface area contributed by atoms with E-state index in [4.69, 9.17) is 10.5 Å². The maximum Gasteiger partial charge on any atom is 0.407 e. The lowest BCUT2D eigenvalue weighted by Gasteiger charge is -2.28. The highest BCUT2D eigenvalue weighted by atomic mass is 32.1. The number of anilines is 2. The SMILES string of the molecule is CC(C)OC(=O)NC1CCC(c2ncc(-c3ccc(NC(=O)NCc4ccccc4)cc3N)s2)CC1. The summed E-state index contributed by atoms with van der Waals surface area (Å²) in [5.74, 6) is 0.374. The van der Waals surface area contributed by atoms with Crippen molar-refractivity contribution in [1.29, 1.82) is 0 Å². The second-order valence-corrected chi connectivity index (χ2v) is 10.4. The number of thiazole rings is 1. The van der Waals surface area contributed by atoms with Crippen LogP contribution in [-0.4, -0.2) is 29.3 Å². The summed E-state index contributed by atoms with van der Waals surface area (Å²) in [4.78, 5) is 29.8. The maximum absolute atomic E-state index is 12.3. The molecule has 5 N–H and O–H groups in total. The predicted octanol–water partition coefficient (Wildman–Crippen LogP) is 5.87. The quantitative estimate of drug-likeness (QED) is 0.298. The first-order chi connectivity index (χ1) is 17.4. The van der Waals surface area contributed by atoms with Gasteiger partial charge in [-0.3, -0.25) is 0 Å². The monoisotopic (exact) mass is 507 g/mol. The van der Waals surface area contributed by atoms with Crippen LogP contribution in [0.3, 0.4) is 0 Å². The van der Waals surface area contributed by atoms with E-state index >= 15 is 0 Å². The van der Waals surface area contributed by atoms with E-state index < -0.39 is 0 Å². The number of ether oxygens (including phenoxy) is 1. The first-order valence-electron chi connectivity index (χ1n) is 12.3. The van der Waals surface area contributed by atoms with Crippen molar-refractivity contribution < 1.29 is 14.3 Å². The van der Waals surface area contributed by atoms with Crippen molar-refractivity contribution in [2.24, 2.45) is 0 Å². The first-order valence-corrected chi connectivity index (χ1v) is 13.1. The van der Waals surface area contributed by atoms with Gasteiger partial charge in [-0.1, -0.05) is 30.3 Å². The maximum atomic E-state index is 12.3. The average molecular weight is 508 g/mol. The van der Waals surface area contributed by atoms with Gasteiger partial charge in [0.05, 0.1) is 16.0 Å². The number of hydrogen-bond acceptors (Lipinski definition) is 6. The molecule has 2 aromatic carbocycles. The van der Waals surface area contributed by atoms with E-state index in [1.807, 2.05) is 62.5 Å². The topological polar surface area (TPSA) is 118 Å².